The number of hydrogen-bond acceptors (Lipinski definition) is 1. The summed E-state index contributed by atoms with van der Waals surface area (Å²) in [6.07, 6.45) is 1.11. The highest BCUT2D eigenvalue weighted by atomic mass is 79.9. The Morgan fingerprint density at radius 1 is 1.33 bits per heavy atom. The fourth-order valence-corrected chi connectivity index (χ4v) is 1.68. The molecular weight excluding hydrogens is 266 g/mol. The molecule has 1 atom stereocenters. The lowest BCUT2D eigenvalue weighted by molar-refractivity contribution is 0.221. The van der Waals surface area contributed by atoms with Crippen LogP contribution in [0, 0.1) is 17.6 Å². The van der Waals surface area contributed by atoms with Gasteiger partial charge in [0.25, 0.3) is 0 Å². The van der Waals surface area contributed by atoms with E-state index >= 15 is 0 Å². The predicted octanol–water partition coefficient (Wildman–Crippen LogP) is 3.29. The van der Waals surface area contributed by atoms with Crippen molar-refractivity contribution in [3.8, 4) is 0 Å². The van der Waals surface area contributed by atoms with Gasteiger partial charge in [0, 0.05) is 6.61 Å². The van der Waals surface area contributed by atoms with Crippen LogP contribution in [0.4, 0.5) is 8.78 Å². The van der Waals surface area contributed by atoms with Crippen LogP contribution < -0.4 is 0 Å². The van der Waals surface area contributed by atoms with Crippen LogP contribution in [-0.2, 0) is 6.42 Å². The molecular formula is C11H13BrF2O. The summed E-state index contributed by atoms with van der Waals surface area (Å²) >= 11 is 2.92. The Kier molecular flexibility index (Phi) is 4.67. The average Bonchev–Trinajstić information content (AvgIpc) is 2.25. The highest BCUT2D eigenvalue weighted by molar-refractivity contribution is 9.10. The zero-order valence-corrected chi connectivity index (χ0v) is 10.0. The molecule has 0 heterocycles. The topological polar surface area (TPSA) is 20.2 Å². The van der Waals surface area contributed by atoms with Crippen molar-refractivity contribution in [2.75, 3.05) is 6.61 Å². The van der Waals surface area contributed by atoms with Crippen LogP contribution in [-0.4, -0.2) is 11.7 Å². The molecule has 0 amide bonds. The number of rotatable bonds is 4. The first-order valence-electron chi connectivity index (χ1n) is 4.83. The molecule has 4 heteroatoms. The van der Waals surface area contributed by atoms with E-state index < -0.39 is 11.6 Å². The van der Waals surface area contributed by atoms with Crippen LogP contribution in [0.2, 0.25) is 0 Å². The van der Waals surface area contributed by atoms with Gasteiger partial charge in [0.05, 0.1) is 4.47 Å². The normalized spacial score (nSPS) is 12.9. The summed E-state index contributed by atoms with van der Waals surface area (Å²) in [7, 11) is 0. The standard InChI is InChI=1S/C11H13BrF2O/c1-2-7(6-15)5-8-3-4-9(12)11(14)10(8)13/h3-4,7,15H,2,5-6H2,1H3. The second-order valence-electron chi connectivity index (χ2n) is 3.50. The summed E-state index contributed by atoms with van der Waals surface area (Å²) in [5.41, 5.74) is 0.316. The van der Waals surface area contributed by atoms with Crippen LogP contribution in [0.3, 0.4) is 0 Å². The third kappa shape index (κ3) is 2.98. The Balaban J connectivity index is 2.91. The molecule has 15 heavy (non-hydrogen) atoms. The molecule has 0 aliphatic rings. The molecule has 0 fully saturated rings. The molecule has 0 saturated heterocycles. The molecule has 1 unspecified atom stereocenters. The molecule has 0 bridgehead atoms. The van der Waals surface area contributed by atoms with Gasteiger partial charge in [-0.2, -0.15) is 0 Å². The maximum absolute atomic E-state index is 13.4. The summed E-state index contributed by atoms with van der Waals surface area (Å²) in [6, 6.07) is 3.03. The van der Waals surface area contributed by atoms with E-state index in [1.54, 1.807) is 6.07 Å². The Labute approximate surface area is 96.2 Å². The summed E-state index contributed by atoms with van der Waals surface area (Å²) in [5, 5.41) is 8.98. The van der Waals surface area contributed by atoms with Crippen molar-refractivity contribution in [1.29, 1.82) is 0 Å². The third-order valence-electron chi connectivity index (χ3n) is 2.46. The zero-order valence-electron chi connectivity index (χ0n) is 8.43. The fraction of sp³-hybridized carbons (Fsp3) is 0.455. The lowest BCUT2D eigenvalue weighted by Gasteiger charge is -2.12. The average molecular weight is 279 g/mol. The lowest BCUT2D eigenvalue weighted by Crippen LogP contribution is -2.10. The van der Waals surface area contributed by atoms with E-state index in [1.165, 1.54) is 6.07 Å². The highest BCUT2D eigenvalue weighted by Crippen LogP contribution is 2.23. The van der Waals surface area contributed by atoms with E-state index in [0.717, 1.165) is 6.42 Å². The van der Waals surface area contributed by atoms with Gasteiger partial charge < -0.3 is 5.11 Å². The van der Waals surface area contributed by atoms with E-state index in [-0.39, 0.29) is 17.0 Å². The number of benzene rings is 1. The first-order chi connectivity index (χ1) is 7.10. The number of aliphatic hydroxyl groups is 1. The monoisotopic (exact) mass is 278 g/mol. The highest BCUT2D eigenvalue weighted by Gasteiger charge is 2.14. The maximum atomic E-state index is 13.4. The molecule has 0 aromatic heterocycles. The van der Waals surface area contributed by atoms with Gasteiger partial charge in [-0.25, -0.2) is 8.78 Å². The van der Waals surface area contributed by atoms with Crippen LogP contribution in [0.1, 0.15) is 18.9 Å². The van der Waals surface area contributed by atoms with Crippen LogP contribution in [0.15, 0.2) is 16.6 Å². The van der Waals surface area contributed by atoms with Crippen molar-refractivity contribution < 1.29 is 13.9 Å². The summed E-state index contributed by atoms with van der Waals surface area (Å²) in [6.45, 7) is 1.90. The number of halogens is 3. The van der Waals surface area contributed by atoms with E-state index in [2.05, 4.69) is 15.9 Å². The molecule has 1 rings (SSSR count). The summed E-state index contributed by atoms with van der Waals surface area (Å²) in [5.74, 6) is -1.70. The third-order valence-corrected chi connectivity index (χ3v) is 3.07. The first kappa shape index (κ1) is 12.6. The van der Waals surface area contributed by atoms with Gasteiger partial charge >= 0.3 is 0 Å². The first-order valence-corrected chi connectivity index (χ1v) is 5.62. The molecule has 0 radical (unpaired) electrons. The SMILES string of the molecule is CCC(CO)Cc1ccc(Br)c(F)c1F. The van der Waals surface area contributed by atoms with E-state index in [9.17, 15) is 8.78 Å². The molecule has 1 nitrogen and oxygen atoms in total. The molecule has 84 valence electrons. The minimum atomic E-state index is -0.861. The van der Waals surface area contributed by atoms with Gasteiger partial charge in [-0.3, -0.25) is 0 Å². The van der Waals surface area contributed by atoms with Gasteiger partial charge in [0.15, 0.2) is 11.6 Å². The second kappa shape index (κ2) is 5.56. The van der Waals surface area contributed by atoms with Crippen molar-refractivity contribution in [2.45, 2.75) is 19.8 Å². The van der Waals surface area contributed by atoms with Crippen molar-refractivity contribution in [1.82, 2.24) is 0 Å². The van der Waals surface area contributed by atoms with Crippen LogP contribution in [0.25, 0.3) is 0 Å². The predicted molar refractivity (Wildman–Crippen MR) is 58.6 cm³/mol. The summed E-state index contributed by atoms with van der Waals surface area (Å²) in [4.78, 5) is 0. The van der Waals surface area contributed by atoms with Gasteiger partial charge in [0.1, 0.15) is 0 Å². The minimum absolute atomic E-state index is 0.00633. The van der Waals surface area contributed by atoms with Crippen molar-refractivity contribution in [2.24, 2.45) is 5.92 Å². The molecule has 1 N–H and O–H groups in total. The van der Waals surface area contributed by atoms with Gasteiger partial charge in [0.2, 0.25) is 0 Å². The van der Waals surface area contributed by atoms with Crippen molar-refractivity contribution in [3.63, 3.8) is 0 Å². The van der Waals surface area contributed by atoms with Gasteiger partial charge in [-0.1, -0.05) is 19.4 Å². The molecule has 0 spiro atoms. The quantitative estimate of drug-likeness (QED) is 0.838. The van der Waals surface area contributed by atoms with Gasteiger partial charge in [-0.05, 0) is 39.9 Å². The molecule has 0 aliphatic heterocycles. The van der Waals surface area contributed by atoms with Crippen LogP contribution in [0.5, 0.6) is 0 Å². The van der Waals surface area contributed by atoms with Crippen molar-refractivity contribution in [3.05, 3.63) is 33.8 Å². The Bertz CT molecular complexity index is 338. The fourth-order valence-electron chi connectivity index (χ4n) is 1.37. The van der Waals surface area contributed by atoms with Crippen LogP contribution >= 0.6 is 15.9 Å². The lowest BCUT2D eigenvalue weighted by atomic mass is 9.97. The van der Waals surface area contributed by atoms with E-state index in [4.69, 9.17) is 5.11 Å². The minimum Gasteiger partial charge on any atom is -0.396 e. The van der Waals surface area contributed by atoms with Gasteiger partial charge in [-0.15, -0.1) is 0 Å². The number of hydrogen-bond donors (Lipinski definition) is 1. The molecule has 0 aliphatic carbocycles. The Morgan fingerprint density at radius 3 is 2.53 bits per heavy atom. The second-order valence-corrected chi connectivity index (χ2v) is 4.35. The van der Waals surface area contributed by atoms with Crippen molar-refractivity contribution >= 4 is 15.9 Å². The molecule has 1 aromatic carbocycles. The number of aliphatic hydroxyl groups excluding tert-OH is 1. The Morgan fingerprint density at radius 2 is 2.00 bits per heavy atom. The molecule has 0 saturated carbocycles. The smallest absolute Gasteiger partial charge is 0.173 e. The summed E-state index contributed by atoms with van der Waals surface area (Å²) < 4.78 is 26.7. The Hall–Kier alpha value is -0.480. The molecule has 1 aromatic rings. The van der Waals surface area contributed by atoms with E-state index in [1.807, 2.05) is 6.92 Å². The largest absolute Gasteiger partial charge is 0.396 e. The maximum Gasteiger partial charge on any atom is 0.173 e. The zero-order chi connectivity index (χ0) is 11.4. The van der Waals surface area contributed by atoms with E-state index in [0.29, 0.717) is 12.0 Å².